The van der Waals surface area contributed by atoms with Gasteiger partial charge in [-0.05, 0) is 31.2 Å². The van der Waals surface area contributed by atoms with E-state index in [0.717, 1.165) is 22.3 Å². The predicted molar refractivity (Wildman–Crippen MR) is 101 cm³/mol. The second-order valence-electron chi connectivity index (χ2n) is 6.38. The molecule has 4 aromatic rings. The van der Waals surface area contributed by atoms with Crippen molar-refractivity contribution in [3.05, 3.63) is 71.4 Å². The molecule has 0 aliphatic carbocycles. The Kier molecular flexibility index (Phi) is 4.19. The Labute approximate surface area is 155 Å². The number of fused-ring (bicyclic) bond motifs is 1. The highest BCUT2D eigenvalue weighted by atomic mass is 19.1. The molecule has 1 amide bonds. The summed E-state index contributed by atoms with van der Waals surface area (Å²) in [7, 11) is 1.79. The molecule has 0 aliphatic rings. The molecule has 6 nitrogen and oxygen atoms in total. The molecule has 0 bridgehead atoms. The lowest BCUT2D eigenvalue weighted by Gasteiger charge is -2.07. The number of hydrogen-bond donors (Lipinski definition) is 2. The van der Waals surface area contributed by atoms with E-state index in [0.29, 0.717) is 16.9 Å². The third kappa shape index (κ3) is 3.08. The summed E-state index contributed by atoms with van der Waals surface area (Å²) in [6.45, 7) is 2.06. The van der Waals surface area contributed by atoms with Gasteiger partial charge in [-0.2, -0.15) is 5.10 Å². The zero-order chi connectivity index (χ0) is 19.0. The molecular weight excluding hydrogens is 345 g/mol. The van der Waals surface area contributed by atoms with Crippen molar-refractivity contribution in [2.24, 2.45) is 7.05 Å². The second-order valence-corrected chi connectivity index (χ2v) is 6.38. The van der Waals surface area contributed by atoms with Gasteiger partial charge in [0.15, 0.2) is 0 Å². The zero-order valence-corrected chi connectivity index (χ0v) is 15.0. The lowest BCUT2D eigenvalue weighted by atomic mass is 10.1. The molecule has 0 unspecified atom stereocenters. The fourth-order valence-corrected chi connectivity index (χ4v) is 3.08. The molecule has 1 aromatic carbocycles. The van der Waals surface area contributed by atoms with E-state index < -0.39 is 0 Å². The number of benzene rings is 1. The Morgan fingerprint density at radius 3 is 2.81 bits per heavy atom. The van der Waals surface area contributed by atoms with Gasteiger partial charge in [0.2, 0.25) is 0 Å². The molecule has 3 heterocycles. The minimum absolute atomic E-state index is 0.125. The quantitative estimate of drug-likeness (QED) is 0.584. The number of aromatic amines is 1. The molecule has 0 fully saturated rings. The second kappa shape index (κ2) is 6.68. The number of halogens is 1. The van der Waals surface area contributed by atoms with E-state index in [-0.39, 0.29) is 18.3 Å². The Hall–Kier alpha value is -3.48. The van der Waals surface area contributed by atoms with Crippen molar-refractivity contribution in [3.8, 4) is 11.3 Å². The minimum Gasteiger partial charge on any atom is -0.347 e. The van der Waals surface area contributed by atoms with E-state index in [1.807, 2.05) is 19.1 Å². The normalized spacial score (nSPS) is 11.1. The number of carbonyl (C=O) groups is 1. The number of H-pyrrole nitrogens is 1. The number of nitrogens with one attached hydrogen (secondary N) is 2. The van der Waals surface area contributed by atoms with Crippen LogP contribution < -0.4 is 5.32 Å². The van der Waals surface area contributed by atoms with Gasteiger partial charge in [-0.1, -0.05) is 18.2 Å². The number of pyridine rings is 1. The molecule has 0 saturated heterocycles. The topological polar surface area (TPSA) is 75.6 Å². The number of carbonyl (C=O) groups excluding carboxylic acids is 1. The summed E-state index contributed by atoms with van der Waals surface area (Å²) in [4.78, 5) is 17.3. The van der Waals surface area contributed by atoms with Crippen LogP contribution in [0.5, 0.6) is 0 Å². The number of amides is 1. The lowest BCUT2D eigenvalue weighted by Crippen LogP contribution is -2.25. The minimum atomic E-state index is -0.336. The maximum absolute atomic E-state index is 13.7. The number of nitrogens with zero attached hydrogens (tertiary/aromatic N) is 3. The first-order valence-electron chi connectivity index (χ1n) is 8.53. The van der Waals surface area contributed by atoms with Gasteiger partial charge in [0.1, 0.15) is 17.2 Å². The van der Waals surface area contributed by atoms with Gasteiger partial charge in [-0.3, -0.25) is 9.89 Å². The van der Waals surface area contributed by atoms with Crippen LogP contribution in [0.15, 0.2) is 48.7 Å². The van der Waals surface area contributed by atoms with Gasteiger partial charge in [0, 0.05) is 35.8 Å². The molecule has 0 saturated carbocycles. The van der Waals surface area contributed by atoms with Gasteiger partial charge in [-0.25, -0.2) is 9.37 Å². The van der Waals surface area contributed by atoms with Crippen LogP contribution in [0.4, 0.5) is 4.39 Å². The van der Waals surface area contributed by atoms with Crippen molar-refractivity contribution in [1.29, 1.82) is 0 Å². The van der Waals surface area contributed by atoms with Crippen molar-refractivity contribution in [2.45, 2.75) is 13.5 Å². The summed E-state index contributed by atoms with van der Waals surface area (Å²) >= 11 is 0. The fraction of sp³-hybridized carbons (Fsp3) is 0.150. The van der Waals surface area contributed by atoms with Crippen LogP contribution in [0.2, 0.25) is 0 Å². The van der Waals surface area contributed by atoms with E-state index in [4.69, 9.17) is 0 Å². The number of aryl methyl sites for hydroxylation is 2. The van der Waals surface area contributed by atoms with E-state index in [1.54, 1.807) is 42.1 Å². The van der Waals surface area contributed by atoms with Crippen molar-refractivity contribution in [1.82, 2.24) is 25.1 Å². The van der Waals surface area contributed by atoms with E-state index in [9.17, 15) is 9.18 Å². The highest BCUT2D eigenvalue weighted by molar-refractivity contribution is 5.98. The van der Waals surface area contributed by atoms with Crippen molar-refractivity contribution in [2.75, 3.05) is 0 Å². The van der Waals surface area contributed by atoms with Gasteiger partial charge in [0.05, 0.1) is 11.9 Å². The van der Waals surface area contributed by atoms with Crippen molar-refractivity contribution >= 4 is 16.9 Å². The maximum Gasteiger partial charge on any atom is 0.268 e. The number of aromatic nitrogens is 4. The summed E-state index contributed by atoms with van der Waals surface area (Å²) in [5.74, 6) is -0.614. The lowest BCUT2D eigenvalue weighted by molar-refractivity contribution is 0.0943. The molecule has 27 heavy (non-hydrogen) atoms. The summed E-state index contributed by atoms with van der Waals surface area (Å²) in [5, 5.41) is 10.6. The Balaban J connectivity index is 1.62. The van der Waals surface area contributed by atoms with E-state index >= 15 is 0 Å². The largest absolute Gasteiger partial charge is 0.347 e. The molecular formula is C20H18FN5O. The third-order valence-corrected chi connectivity index (χ3v) is 4.61. The van der Waals surface area contributed by atoms with Gasteiger partial charge in [-0.15, -0.1) is 0 Å². The first kappa shape index (κ1) is 17.0. The van der Waals surface area contributed by atoms with Crippen LogP contribution in [0, 0.1) is 12.7 Å². The van der Waals surface area contributed by atoms with Crippen molar-refractivity contribution < 1.29 is 9.18 Å². The highest BCUT2D eigenvalue weighted by Crippen LogP contribution is 2.24. The molecule has 136 valence electrons. The van der Waals surface area contributed by atoms with Crippen LogP contribution in [-0.2, 0) is 13.6 Å². The van der Waals surface area contributed by atoms with Gasteiger partial charge < -0.3 is 9.88 Å². The molecule has 2 N–H and O–H groups in total. The monoisotopic (exact) mass is 363 g/mol. The Bertz CT molecular complexity index is 1140. The van der Waals surface area contributed by atoms with Crippen molar-refractivity contribution in [3.63, 3.8) is 0 Å². The van der Waals surface area contributed by atoms with Gasteiger partial charge in [0.25, 0.3) is 5.91 Å². The standard InChI is InChI=1S/C20H18FN5O/c1-12-15(11-23-25-12)17-8-7-13-9-18(26(2)19(13)24-17)20(27)22-10-14-5-3-4-6-16(14)21/h3-9,11H,10H2,1-2H3,(H,22,27)(H,23,25). The fourth-order valence-electron chi connectivity index (χ4n) is 3.08. The molecule has 0 spiro atoms. The average molecular weight is 363 g/mol. The Morgan fingerprint density at radius 1 is 1.26 bits per heavy atom. The Morgan fingerprint density at radius 2 is 2.07 bits per heavy atom. The van der Waals surface area contributed by atoms with Crippen LogP contribution in [-0.4, -0.2) is 25.7 Å². The summed E-state index contributed by atoms with van der Waals surface area (Å²) < 4.78 is 15.5. The molecule has 0 aliphatic heterocycles. The summed E-state index contributed by atoms with van der Waals surface area (Å²) in [6, 6.07) is 12.0. The average Bonchev–Trinajstić information content (AvgIpc) is 3.24. The van der Waals surface area contributed by atoms with Crippen LogP contribution >= 0.6 is 0 Å². The van der Waals surface area contributed by atoms with Crippen LogP contribution in [0.1, 0.15) is 21.7 Å². The first-order chi connectivity index (χ1) is 13.0. The molecule has 3 aromatic heterocycles. The molecule has 4 rings (SSSR count). The first-order valence-corrected chi connectivity index (χ1v) is 8.53. The SMILES string of the molecule is Cc1[nH]ncc1-c1ccc2cc(C(=O)NCc3ccccc3F)n(C)c2n1. The molecule has 0 radical (unpaired) electrons. The number of rotatable bonds is 4. The third-order valence-electron chi connectivity index (χ3n) is 4.61. The number of hydrogen-bond acceptors (Lipinski definition) is 3. The highest BCUT2D eigenvalue weighted by Gasteiger charge is 2.16. The van der Waals surface area contributed by atoms with Crippen LogP contribution in [0.3, 0.4) is 0 Å². The molecule has 7 heteroatoms. The zero-order valence-electron chi connectivity index (χ0n) is 15.0. The van der Waals surface area contributed by atoms with E-state index in [2.05, 4.69) is 20.5 Å². The van der Waals surface area contributed by atoms with Crippen LogP contribution in [0.25, 0.3) is 22.3 Å². The smallest absolute Gasteiger partial charge is 0.268 e. The molecule has 0 atom stereocenters. The summed E-state index contributed by atoms with van der Waals surface area (Å²) in [6.07, 6.45) is 1.73. The van der Waals surface area contributed by atoms with Gasteiger partial charge >= 0.3 is 0 Å². The summed E-state index contributed by atoms with van der Waals surface area (Å²) in [5.41, 5.74) is 4.25. The van der Waals surface area contributed by atoms with E-state index in [1.165, 1.54) is 6.07 Å². The predicted octanol–water partition coefficient (Wildman–Crippen LogP) is 3.34. The maximum atomic E-state index is 13.7.